The summed E-state index contributed by atoms with van der Waals surface area (Å²) >= 11 is 0. The zero-order valence-electron chi connectivity index (χ0n) is 10.6. The monoisotopic (exact) mass is 235 g/mol. The van der Waals surface area contributed by atoms with Gasteiger partial charge in [0.05, 0.1) is 7.11 Å². The molecule has 0 aromatic carbocycles. The summed E-state index contributed by atoms with van der Waals surface area (Å²) in [6.07, 6.45) is 2.05. The van der Waals surface area contributed by atoms with Gasteiger partial charge in [-0.2, -0.15) is 0 Å². The van der Waals surface area contributed by atoms with Gasteiger partial charge in [-0.05, 0) is 31.4 Å². The first-order chi connectivity index (χ1) is 8.01. The molecule has 1 atom stereocenters. The van der Waals surface area contributed by atoms with E-state index in [4.69, 9.17) is 0 Å². The predicted molar refractivity (Wildman–Crippen MR) is 63.8 cm³/mol. The summed E-state index contributed by atoms with van der Waals surface area (Å²) < 4.78 is 4.62. The van der Waals surface area contributed by atoms with Crippen LogP contribution in [0.1, 0.15) is 35.0 Å². The van der Waals surface area contributed by atoms with Crippen molar-refractivity contribution in [1.82, 2.24) is 4.98 Å². The van der Waals surface area contributed by atoms with Crippen molar-refractivity contribution in [3.05, 3.63) is 29.1 Å². The highest BCUT2D eigenvalue weighted by Crippen LogP contribution is 2.16. The second-order valence-corrected chi connectivity index (χ2v) is 4.03. The fourth-order valence-electron chi connectivity index (χ4n) is 1.74. The van der Waals surface area contributed by atoms with Gasteiger partial charge in [-0.25, -0.2) is 0 Å². The van der Waals surface area contributed by atoms with Gasteiger partial charge in [0, 0.05) is 6.20 Å². The smallest absolute Gasteiger partial charge is 0.316 e. The molecule has 1 heterocycles. The van der Waals surface area contributed by atoms with Gasteiger partial charge in [0.25, 0.3) is 0 Å². The molecule has 92 valence electrons. The molecule has 0 spiro atoms. The summed E-state index contributed by atoms with van der Waals surface area (Å²) in [6, 6.07) is 1.88. The number of hydrogen-bond donors (Lipinski definition) is 0. The lowest BCUT2D eigenvalue weighted by molar-refractivity contribution is -0.143. The van der Waals surface area contributed by atoms with Gasteiger partial charge in [0.1, 0.15) is 11.6 Å². The van der Waals surface area contributed by atoms with Gasteiger partial charge in [-0.15, -0.1) is 0 Å². The molecule has 4 heteroatoms. The Balaban J connectivity index is 3.06. The Kier molecular flexibility index (Phi) is 4.37. The fraction of sp³-hybridized carbons (Fsp3) is 0.462. The van der Waals surface area contributed by atoms with Crippen molar-refractivity contribution >= 4 is 11.8 Å². The average Bonchev–Trinajstić information content (AvgIpc) is 2.29. The Morgan fingerprint density at radius 3 is 2.53 bits per heavy atom. The van der Waals surface area contributed by atoms with Crippen molar-refractivity contribution in [2.45, 2.75) is 27.2 Å². The number of Topliss-reactive ketones (excluding diaryl/α,β-unsaturated/α-hetero) is 1. The third-order valence-electron chi connectivity index (χ3n) is 2.66. The number of pyridine rings is 1. The molecule has 0 amide bonds. The lowest BCUT2D eigenvalue weighted by atomic mass is 9.96. The van der Waals surface area contributed by atoms with E-state index in [2.05, 4.69) is 9.72 Å². The minimum atomic E-state index is -0.756. The van der Waals surface area contributed by atoms with E-state index in [0.29, 0.717) is 12.1 Å². The summed E-state index contributed by atoms with van der Waals surface area (Å²) in [6.45, 7) is 5.51. The van der Waals surface area contributed by atoms with Gasteiger partial charge in [0.15, 0.2) is 5.78 Å². The lowest BCUT2D eigenvalue weighted by Gasteiger charge is -2.12. The van der Waals surface area contributed by atoms with Crippen molar-refractivity contribution in [2.24, 2.45) is 5.92 Å². The Labute approximate surface area is 101 Å². The fourth-order valence-corrected chi connectivity index (χ4v) is 1.74. The molecular weight excluding hydrogens is 218 g/mol. The van der Waals surface area contributed by atoms with Gasteiger partial charge in [-0.1, -0.05) is 13.0 Å². The van der Waals surface area contributed by atoms with E-state index in [9.17, 15) is 9.59 Å². The molecule has 1 aromatic rings. The first kappa shape index (κ1) is 13.4. The van der Waals surface area contributed by atoms with Crippen molar-refractivity contribution in [2.75, 3.05) is 7.11 Å². The maximum absolute atomic E-state index is 12.1. The number of carbonyl (C=O) groups is 2. The minimum Gasteiger partial charge on any atom is -0.468 e. The molecule has 0 fully saturated rings. The van der Waals surface area contributed by atoms with Crippen LogP contribution >= 0.6 is 0 Å². The van der Waals surface area contributed by atoms with Crippen LogP contribution in [0.5, 0.6) is 0 Å². The number of rotatable bonds is 4. The lowest BCUT2D eigenvalue weighted by Crippen LogP contribution is -2.26. The number of aryl methyl sites for hydroxylation is 2. The van der Waals surface area contributed by atoms with Crippen molar-refractivity contribution in [3.63, 3.8) is 0 Å². The van der Waals surface area contributed by atoms with Crippen molar-refractivity contribution < 1.29 is 14.3 Å². The van der Waals surface area contributed by atoms with Gasteiger partial charge < -0.3 is 4.74 Å². The highest BCUT2D eigenvalue weighted by Gasteiger charge is 2.28. The van der Waals surface area contributed by atoms with Crippen LogP contribution < -0.4 is 0 Å². The Bertz CT molecular complexity index is 440. The normalized spacial score (nSPS) is 12.0. The molecule has 0 saturated carbocycles. The second kappa shape index (κ2) is 5.57. The van der Waals surface area contributed by atoms with Crippen LogP contribution in [-0.2, 0) is 9.53 Å². The van der Waals surface area contributed by atoms with Gasteiger partial charge in [-0.3, -0.25) is 14.6 Å². The molecule has 0 aliphatic heterocycles. The molecule has 1 unspecified atom stereocenters. The molecule has 0 bridgehead atoms. The molecule has 0 aliphatic rings. The third kappa shape index (κ3) is 2.90. The third-order valence-corrected chi connectivity index (χ3v) is 2.66. The average molecular weight is 235 g/mol. The van der Waals surface area contributed by atoms with Gasteiger partial charge in [0.2, 0.25) is 0 Å². The Morgan fingerprint density at radius 2 is 2.06 bits per heavy atom. The van der Waals surface area contributed by atoms with Crippen LogP contribution in [0.25, 0.3) is 0 Å². The van der Waals surface area contributed by atoms with E-state index in [1.165, 1.54) is 7.11 Å². The van der Waals surface area contributed by atoms with Crippen LogP contribution in [-0.4, -0.2) is 23.8 Å². The van der Waals surface area contributed by atoms with Crippen molar-refractivity contribution in [3.8, 4) is 0 Å². The highest BCUT2D eigenvalue weighted by molar-refractivity contribution is 6.08. The number of methoxy groups -OCH3 is 1. The summed E-state index contributed by atoms with van der Waals surface area (Å²) in [7, 11) is 1.29. The SMILES string of the molecule is CCC(C(=O)OC)C(=O)c1ncc(C)cc1C. The van der Waals surface area contributed by atoms with E-state index in [1.54, 1.807) is 13.1 Å². The van der Waals surface area contributed by atoms with Gasteiger partial charge >= 0.3 is 5.97 Å². The molecule has 0 aliphatic carbocycles. The zero-order chi connectivity index (χ0) is 13.0. The zero-order valence-corrected chi connectivity index (χ0v) is 10.6. The van der Waals surface area contributed by atoms with E-state index in [1.807, 2.05) is 19.9 Å². The largest absolute Gasteiger partial charge is 0.468 e. The molecular formula is C13H17NO3. The number of nitrogens with zero attached hydrogens (tertiary/aromatic N) is 1. The predicted octanol–water partition coefficient (Wildman–Crippen LogP) is 2.08. The molecule has 0 N–H and O–H groups in total. The number of ketones is 1. The topological polar surface area (TPSA) is 56.3 Å². The molecule has 0 radical (unpaired) electrons. The number of ether oxygens (including phenoxy) is 1. The van der Waals surface area contributed by atoms with Crippen LogP contribution in [0.15, 0.2) is 12.3 Å². The summed E-state index contributed by atoms with van der Waals surface area (Å²) in [5.41, 5.74) is 2.13. The standard InChI is InChI=1S/C13H17NO3/c1-5-10(13(16)17-4)12(15)11-9(3)6-8(2)7-14-11/h6-7,10H,5H2,1-4H3. The second-order valence-electron chi connectivity index (χ2n) is 4.03. The van der Waals surface area contributed by atoms with Crippen LogP contribution in [0.3, 0.4) is 0 Å². The van der Waals surface area contributed by atoms with Crippen LogP contribution in [0.4, 0.5) is 0 Å². The van der Waals surface area contributed by atoms with E-state index >= 15 is 0 Å². The summed E-state index contributed by atoms with van der Waals surface area (Å²) in [5.74, 6) is -1.52. The van der Waals surface area contributed by atoms with Crippen LogP contribution in [0, 0.1) is 19.8 Å². The van der Waals surface area contributed by atoms with Crippen LogP contribution in [0.2, 0.25) is 0 Å². The molecule has 1 rings (SSSR count). The molecule has 4 nitrogen and oxygen atoms in total. The van der Waals surface area contributed by atoms with Crippen molar-refractivity contribution in [1.29, 1.82) is 0 Å². The molecule has 0 saturated heterocycles. The maximum atomic E-state index is 12.1. The van der Waals surface area contributed by atoms with E-state index < -0.39 is 11.9 Å². The number of esters is 1. The Morgan fingerprint density at radius 1 is 1.41 bits per heavy atom. The minimum absolute atomic E-state index is 0.267. The first-order valence-electron chi connectivity index (χ1n) is 5.56. The van der Waals surface area contributed by atoms with E-state index in [-0.39, 0.29) is 5.78 Å². The first-order valence-corrected chi connectivity index (χ1v) is 5.56. The number of hydrogen-bond acceptors (Lipinski definition) is 4. The highest BCUT2D eigenvalue weighted by atomic mass is 16.5. The summed E-state index contributed by atoms with van der Waals surface area (Å²) in [4.78, 5) is 27.7. The molecule has 17 heavy (non-hydrogen) atoms. The number of carbonyl (C=O) groups excluding carboxylic acids is 2. The van der Waals surface area contributed by atoms with E-state index in [0.717, 1.165) is 11.1 Å². The summed E-state index contributed by atoms with van der Waals surface area (Å²) in [5, 5.41) is 0. The quantitative estimate of drug-likeness (QED) is 0.455. The molecule has 1 aromatic heterocycles. The number of aromatic nitrogens is 1. The maximum Gasteiger partial charge on any atom is 0.316 e. The Hall–Kier alpha value is -1.71.